The van der Waals surface area contributed by atoms with Crippen LogP contribution in [0.4, 0.5) is 0 Å². The molecule has 0 aliphatic carbocycles. The molecule has 1 saturated heterocycles. The number of ether oxygens (including phenoxy) is 2. The number of hydrogen-bond acceptors (Lipinski definition) is 5. The normalized spacial score (nSPS) is 20.8. The van der Waals surface area contributed by atoms with Gasteiger partial charge in [0.1, 0.15) is 11.5 Å². The van der Waals surface area contributed by atoms with Crippen LogP contribution in [0.2, 0.25) is 0 Å². The van der Waals surface area contributed by atoms with E-state index in [1.54, 1.807) is 14.2 Å². The van der Waals surface area contributed by atoms with Gasteiger partial charge >= 0.3 is 0 Å². The summed E-state index contributed by atoms with van der Waals surface area (Å²) in [6.07, 6.45) is 1.19. The topological polar surface area (TPSA) is 51.0 Å². The van der Waals surface area contributed by atoms with E-state index >= 15 is 0 Å². The fourth-order valence-corrected chi connectivity index (χ4v) is 2.99. The van der Waals surface area contributed by atoms with Crippen LogP contribution in [0.5, 0.6) is 11.5 Å². The second-order valence-electron chi connectivity index (χ2n) is 5.80. The van der Waals surface area contributed by atoms with Gasteiger partial charge in [0.2, 0.25) is 0 Å². The monoisotopic (exact) mass is 293 g/mol. The minimum Gasteiger partial charge on any atom is -0.497 e. The number of likely N-dealkylation sites (N-methyl/N-ethyl adjacent to an activating group) is 1. The molecule has 1 heterocycles. The van der Waals surface area contributed by atoms with Gasteiger partial charge in [-0.25, -0.2) is 0 Å². The highest BCUT2D eigenvalue weighted by molar-refractivity contribution is 5.40. The van der Waals surface area contributed by atoms with Crippen molar-refractivity contribution < 1.29 is 9.47 Å². The molecule has 1 fully saturated rings. The Balaban J connectivity index is 2.21. The molecule has 2 N–H and O–H groups in total. The first kappa shape index (κ1) is 16.1. The minimum atomic E-state index is 0.207. The average Bonchev–Trinajstić information content (AvgIpc) is 2.97. The van der Waals surface area contributed by atoms with E-state index in [1.807, 2.05) is 6.07 Å². The Labute approximate surface area is 127 Å². The molecule has 0 amide bonds. The molecule has 21 heavy (non-hydrogen) atoms. The van der Waals surface area contributed by atoms with Crippen molar-refractivity contribution in [2.24, 2.45) is 5.73 Å². The fourth-order valence-electron chi connectivity index (χ4n) is 2.99. The number of likely N-dealkylation sites (tertiary alicyclic amines) is 1. The van der Waals surface area contributed by atoms with Crippen molar-refractivity contribution in [3.63, 3.8) is 0 Å². The minimum absolute atomic E-state index is 0.207. The summed E-state index contributed by atoms with van der Waals surface area (Å²) in [6, 6.07) is 6.82. The van der Waals surface area contributed by atoms with Crippen molar-refractivity contribution in [2.75, 3.05) is 47.9 Å². The molecule has 0 saturated carbocycles. The standard InChI is InChI=1S/C16H27N3O2/c1-18(2)13-5-6-19(11-13)16(10-17)12-7-14(20-3)9-15(8-12)21-4/h7-9,13,16H,5-6,10-11,17H2,1-4H3. The van der Waals surface area contributed by atoms with E-state index < -0.39 is 0 Å². The SMILES string of the molecule is COc1cc(OC)cc(C(CN)N2CCC(N(C)C)C2)c1. The van der Waals surface area contributed by atoms with Gasteiger partial charge in [-0.15, -0.1) is 0 Å². The molecule has 5 heteroatoms. The molecule has 0 aromatic heterocycles. The summed E-state index contributed by atoms with van der Waals surface area (Å²) in [5, 5.41) is 0. The van der Waals surface area contributed by atoms with Crippen LogP contribution >= 0.6 is 0 Å². The summed E-state index contributed by atoms with van der Waals surface area (Å²) in [4.78, 5) is 4.75. The Kier molecular flexibility index (Phi) is 5.45. The Hall–Kier alpha value is -1.30. The summed E-state index contributed by atoms with van der Waals surface area (Å²) in [5.74, 6) is 1.62. The maximum atomic E-state index is 6.05. The molecule has 1 aromatic rings. The molecule has 1 aliphatic rings. The van der Waals surface area contributed by atoms with Crippen LogP contribution in [-0.4, -0.2) is 63.8 Å². The molecule has 1 aliphatic heterocycles. The zero-order valence-corrected chi connectivity index (χ0v) is 13.5. The van der Waals surface area contributed by atoms with Crippen LogP contribution in [-0.2, 0) is 0 Å². The molecule has 0 radical (unpaired) electrons. The molecular formula is C16H27N3O2. The Morgan fingerprint density at radius 2 is 1.86 bits per heavy atom. The van der Waals surface area contributed by atoms with Gasteiger partial charge in [0.15, 0.2) is 0 Å². The molecule has 2 atom stereocenters. The van der Waals surface area contributed by atoms with Crippen LogP contribution in [0.15, 0.2) is 18.2 Å². The van der Waals surface area contributed by atoms with Crippen molar-refractivity contribution >= 4 is 0 Å². The highest BCUT2D eigenvalue weighted by Gasteiger charge is 2.29. The maximum absolute atomic E-state index is 6.05. The highest BCUT2D eigenvalue weighted by atomic mass is 16.5. The number of nitrogens with zero attached hydrogens (tertiary/aromatic N) is 2. The second kappa shape index (κ2) is 7.11. The maximum Gasteiger partial charge on any atom is 0.122 e. The third-order valence-corrected chi connectivity index (χ3v) is 4.35. The highest BCUT2D eigenvalue weighted by Crippen LogP contribution is 2.31. The summed E-state index contributed by atoms with van der Waals surface area (Å²) in [7, 11) is 7.63. The van der Waals surface area contributed by atoms with E-state index in [0.29, 0.717) is 12.6 Å². The molecule has 5 nitrogen and oxygen atoms in total. The lowest BCUT2D eigenvalue weighted by molar-refractivity contribution is 0.220. The van der Waals surface area contributed by atoms with Crippen molar-refractivity contribution in [2.45, 2.75) is 18.5 Å². The first-order valence-corrected chi connectivity index (χ1v) is 7.42. The van der Waals surface area contributed by atoms with E-state index in [2.05, 4.69) is 36.0 Å². The lowest BCUT2D eigenvalue weighted by Crippen LogP contribution is -2.36. The molecule has 0 bridgehead atoms. The van der Waals surface area contributed by atoms with E-state index in [1.165, 1.54) is 6.42 Å². The van der Waals surface area contributed by atoms with Gasteiger partial charge in [0.25, 0.3) is 0 Å². The Morgan fingerprint density at radius 1 is 1.24 bits per heavy atom. The zero-order chi connectivity index (χ0) is 15.4. The van der Waals surface area contributed by atoms with Gasteiger partial charge in [-0.1, -0.05) is 0 Å². The molecule has 0 spiro atoms. The Morgan fingerprint density at radius 3 is 2.29 bits per heavy atom. The lowest BCUT2D eigenvalue weighted by Gasteiger charge is -2.28. The predicted molar refractivity (Wildman–Crippen MR) is 85.0 cm³/mol. The van der Waals surface area contributed by atoms with Crippen LogP contribution in [0, 0.1) is 0 Å². The van der Waals surface area contributed by atoms with Crippen molar-refractivity contribution in [3.8, 4) is 11.5 Å². The van der Waals surface area contributed by atoms with Crippen LogP contribution < -0.4 is 15.2 Å². The van der Waals surface area contributed by atoms with Gasteiger partial charge < -0.3 is 20.1 Å². The Bertz CT molecular complexity index is 443. The first-order chi connectivity index (χ1) is 10.1. The lowest BCUT2D eigenvalue weighted by atomic mass is 10.0. The summed E-state index contributed by atoms with van der Waals surface area (Å²) in [6.45, 7) is 2.72. The smallest absolute Gasteiger partial charge is 0.122 e. The first-order valence-electron chi connectivity index (χ1n) is 7.42. The number of nitrogens with two attached hydrogens (primary N) is 1. The van der Waals surface area contributed by atoms with Gasteiger partial charge in [-0.2, -0.15) is 0 Å². The van der Waals surface area contributed by atoms with Gasteiger partial charge in [0.05, 0.1) is 14.2 Å². The third kappa shape index (κ3) is 3.67. The molecule has 1 aromatic carbocycles. The second-order valence-corrected chi connectivity index (χ2v) is 5.80. The molecular weight excluding hydrogens is 266 g/mol. The van der Waals surface area contributed by atoms with Crippen molar-refractivity contribution in [3.05, 3.63) is 23.8 Å². The predicted octanol–water partition coefficient (Wildman–Crippen LogP) is 1.34. The van der Waals surface area contributed by atoms with E-state index in [0.717, 1.165) is 30.2 Å². The van der Waals surface area contributed by atoms with Crippen LogP contribution in [0.3, 0.4) is 0 Å². The van der Waals surface area contributed by atoms with Crippen molar-refractivity contribution in [1.82, 2.24) is 9.80 Å². The number of hydrogen-bond donors (Lipinski definition) is 1. The summed E-state index contributed by atoms with van der Waals surface area (Å²) < 4.78 is 10.7. The summed E-state index contributed by atoms with van der Waals surface area (Å²) in [5.41, 5.74) is 7.21. The zero-order valence-electron chi connectivity index (χ0n) is 13.5. The number of benzene rings is 1. The van der Waals surface area contributed by atoms with Crippen molar-refractivity contribution in [1.29, 1.82) is 0 Å². The van der Waals surface area contributed by atoms with Gasteiger partial charge in [-0.05, 0) is 38.2 Å². The van der Waals surface area contributed by atoms with E-state index in [-0.39, 0.29) is 6.04 Å². The quantitative estimate of drug-likeness (QED) is 0.858. The van der Waals surface area contributed by atoms with Crippen LogP contribution in [0.25, 0.3) is 0 Å². The fraction of sp³-hybridized carbons (Fsp3) is 0.625. The average molecular weight is 293 g/mol. The van der Waals surface area contributed by atoms with Gasteiger partial charge in [-0.3, -0.25) is 4.90 Å². The third-order valence-electron chi connectivity index (χ3n) is 4.35. The molecule has 118 valence electrons. The van der Waals surface area contributed by atoms with E-state index in [9.17, 15) is 0 Å². The van der Waals surface area contributed by atoms with Crippen LogP contribution in [0.1, 0.15) is 18.0 Å². The number of methoxy groups -OCH3 is 2. The van der Waals surface area contributed by atoms with E-state index in [4.69, 9.17) is 15.2 Å². The molecule has 2 unspecified atom stereocenters. The molecule has 2 rings (SSSR count). The number of rotatable bonds is 6. The van der Waals surface area contributed by atoms with Gasteiger partial charge in [0, 0.05) is 37.8 Å². The summed E-state index contributed by atoms with van der Waals surface area (Å²) >= 11 is 0. The largest absolute Gasteiger partial charge is 0.497 e.